The lowest BCUT2D eigenvalue weighted by molar-refractivity contribution is 0.0204. The van der Waals surface area contributed by atoms with Crippen LogP contribution in [0.1, 0.15) is 22.8 Å². The van der Waals surface area contributed by atoms with E-state index in [0.717, 1.165) is 31.9 Å². The molecule has 0 saturated carbocycles. The number of ether oxygens (including phenoxy) is 3. The van der Waals surface area contributed by atoms with Gasteiger partial charge in [0.1, 0.15) is 6.61 Å². The van der Waals surface area contributed by atoms with Gasteiger partial charge in [-0.3, -0.25) is 9.69 Å². The topological polar surface area (TPSA) is 60.0 Å². The van der Waals surface area contributed by atoms with Gasteiger partial charge >= 0.3 is 0 Å². The molecule has 1 heterocycles. The number of benzene rings is 2. The van der Waals surface area contributed by atoms with Crippen molar-refractivity contribution >= 4 is 17.5 Å². The van der Waals surface area contributed by atoms with Crippen LogP contribution in [0.2, 0.25) is 5.02 Å². The van der Waals surface area contributed by atoms with Crippen molar-refractivity contribution in [1.82, 2.24) is 10.2 Å². The summed E-state index contributed by atoms with van der Waals surface area (Å²) in [6, 6.07) is 12.9. The number of carbonyl (C=O) groups excluding carboxylic acids is 1. The number of nitrogens with one attached hydrogen (secondary N) is 1. The summed E-state index contributed by atoms with van der Waals surface area (Å²) in [6.07, 6.45) is 0. The molecule has 1 amide bonds. The summed E-state index contributed by atoms with van der Waals surface area (Å²) in [4.78, 5) is 14.9. The molecule has 7 heteroatoms. The number of hydrogen-bond donors (Lipinski definition) is 1. The van der Waals surface area contributed by atoms with Crippen molar-refractivity contribution in [2.45, 2.75) is 19.6 Å². The maximum atomic E-state index is 12.6. The molecule has 1 saturated heterocycles. The lowest BCUT2D eigenvalue weighted by Gasteiger charge is -2.32. The quantitative estimate of drug-likeness (QED) is 0.712. The molecule has 6 nitrogen and oxygen atoms in total. The predicted octanol–water partition coefficient (Wildman–Crippen LogP) is 3.38. The molecule has 1 unspecified atom stereocenters. The molecule has 2 aromatic carbocycles. The van der Waals surface area contributed by atoms with Gasteiger partial charge in [0.2, 0.25) is 0 Å². The second-order valence-corrected chi connectivity index (χ2v) is 7.36. The Kier molecular flexibility index (Phi) is 7.75. The predicted molar refractivity (Wildman–Crippen MR) is 113 cm³/mol. The van der Waals surface area contributed by atoms with Gasteiger partial charge in [0.05, 0.1) is 20.3 Å². The van der Waals surface area contributed by atoms with Gasteiger partial charge in [-0.05, 0) is 31.2 Å². The highest BCUT2D eigenvalue weighted by Gasteiger charge is 2.18. The van der Waals surface area contributed by atoms with Crippen LogP contribution in [-0.4, -0.2) is 56.8 Å². The molecule has 0 aromatic heterocycles. The minimum atomic E-state index is -0.138. The normalized spacial score (nSPS) is 15.6. The van der Waals surface area contributed by atoms with Gasteiger partial charge < -0.3 is 19.5 Å². The molecule has 0 spiro atoms. The molecule has 2 aromatic rings. The smallest absolute Gasteiger partial charge is 0.251 e. The fourth-order valence-corrected chi connectivity index (χ4v) is 3.38. The van der Waals surface area contributed by atoms with Crippen molar-refractivity contribution in [3.63, 3.8) is 0 Å². The van der Waals surface area contributed by atoms with Crippen molar-refractivity contribution in [2.75, 3.05) is 40.0 Å². The maximum Gasteiger partial charge on any atom is 0.251 e. The molecular formula is C22H27ClN2O4. The van der Waals surface area contributed by atoms with Gasteiger partial charge in [0.25, 0.3) is 5.91 Å². The Bertz CT molecular complexity index is 824. The van der Waals surface area contributed by atoms with Crippen molar-refractivity contribution in [2.24, 2.45) is 0 Å². The van der Waals surface area contributed by atoms with Crippen LogP contribution in [0.3, 0.4) is 0 Å². The molecule has 0 radical (unpaired) electrons. The van der Waals surface area contributed by atoms with Crippen molar-refractivity contribution in [3.05, 3.63) is 58.6 Å². The summed E-state index contributed by atoms with van der Waals surface area (Å²) < 4.78 is 16.6. The van der Waals surface area contributed by atoms with Crippen LogP contribution in [0, 0.1) is 0 Å². The number of rotatable bonds is 8. The zero-order chi connectivity index (χ0) is 20.6. The standard InChI is InChI=1S/C22H27ClN2O4/c1-16(25-9-11-28-12-10-25)14-24-22(26)17-7-8-20(21(13-17)27-2)29-15-18-5-3-4-6-19(18)23/h3-8,13,16H,9-12,14-15H2,1-2H3,(H,24,26). The molecular weight excluding hydrogens is 392 g/mol. The van der Waals surface area contributed by atoms with E-state index in [0.29, 0.717) is 35.2 Å². The van der Waals surface area contributed by atoms with Crippen molar-refractivity contribution in [3.8, 4) is 11.5 Å². The molecule has 0 bridgehead atoms. The largest absolute Gasteiger partial charge is 0.493 e. The summed E-state index contributed by atoms with van der Waals surface area (Å²) >= 11 is 6.17. The lowest BCUT2D eigenvalue weighted by Crippen LogP contribution is -2.47. The van der Waals surface area contributed by atoms with Gasteiger partial charge in [-0.25, -0.2) is 0 Å². The Hall–Kier alpha value is -2.28. The average molecular weight is 419 g/mol. The van der Waals surface area contributed by atoms with Crippen LogP contribution >= 0.6 is 11.6 Å². The fourth-order valence-electron chi connectivity index (χ4n) is 3.19. The highest BCUT2D eigenvalue weighted by molar-refractivity contribution is 6.31. The first-order valence-corrected chi connectivity index (χ1v) is 10.1. The van der Waals surface area contributed by atoms with Crippen LogP contribution in [-0.2, 0) is 11.3 Å². The maximum absolute atomic E-state index is 12.6. The van der Waals surface area contributed by atoms with E-state index in [2.05, 4.69) is 17.1 Å². The van der Waals surface area contributed by atoms with E-state index in [4.69, 9.17) is 25.8 Å². The van der Waals surface area contributed by atoms with E-state index in [9.17, 15) is 4.79 Å². The molecule has 1 N–H and O–H groups in total. The first-order valence-electron chi connectivity index (χ1n) is 9.72. The Morgan fingerprint density at radius 2 is 1.97 bits per heavy atom. The highest BCUT2D eigenvalue weighted by Crippen LogP contribution is 2.29. The fraction of sp³-hybridized carbons (Fsp3) is 0.409. The molecule has 1 aliphatic rings. The number of nitrogens with zero attached hydrogens (tertiary/aromatic N) is 1. The number of carbonyl (C=O) groups is 1. The van der Waals surface area contributed by atoms with E-state index in [-0.39, 0.29) is 11.9 Å². The minimum Gasteiger partial charge on any atom is -0.493 e. The summed E-state index contributed by atoms with van der Waals surface area (Å²) in [7, 11) is 1.56. The monoisotopic (exact) mass is 418 g/mol. The molecule has 29 heavy (non-hydrogen) atoms. The summed E-state index contributed by atoms with van der Waals surface area (Å²) in [5.41, 5.74) is 1.41. The van der Waals surface area contributed by atoms with Crippen LogP contribution in [0.25, 0.3) is 0 Å². The van der Waals surface area contributed by atoms with Gasteiger partial charge in [0, 0.05) is 41.8 Å². The number of halogens is 1. The third-order valence-electron chi connectivity index (χ3n) is 4.99. The van der Waals surface area contributed by atoms with Crippen LogP contribution < -0.4 is 14.8 Å². The van der Waals surface area contributed by atoms with Gasteiger partial charge in [-0.15, -0.1) is 0 Å². The summed E-state index contributed by atoms with van der Waals surface area (Å²) in [6.45, 7) is 6.27. The molecule has 1 fully saturated rings. The third kappa shape index (κ3) is 5.85. The molecule has 0 aliphatic carbocycles. The number of hydrogen-bond acceptors (Lipinski definition) is 5. The Labute approximate surface area is 176 Å². The van der Waals surface area contributed by atoms with Crippen LogP contribution in [0.4, 0.5) is 0 Å². The molecule has 1 aliphatic heterocycles. The number of methoxy groups -OCH3 is 1. The van der Waals surface area contributed by atoms with E-state index >= 15 is 0 Å². The summed E-state index contributed by atoms with van der Waals surface area (Å²) in [5.74, 6) is 0.928. The first-order chi connectivity index (χ1) is 14.1. The Balaban J connectivity index is 1.58. The zero-order valence-corrected chi connectivity index (χ0v) is 17.6. The second-order valence-electron chi connectivity index (χ2n) is 6.95. The van der Waals surface area contributed by atoms with Crippen molar-refractivity contribution < 1.29 is 19.0 Å². The second kappa shape index (κ2) is 10.5. The van der Waals surface area contributed by atoms with Crippen molar-refractivity contribution in [1.29, 1.82) is 0 Å². The number of amides is 1. The lowest BCUT2D eigenvalue weighted by atomic mass is 10.1. The molecule has 156 valence electrons. The first kappa shape index (κ1) is 21.4. The number of morpholine rings is 1. The van der Waals surface area contributed by atoms with E-state index in [1.807, 2.05) is 24.3 Å². The van der Waals surface area contributed by atoms with Gasteiger partial charge in [-0.2, -0.15) is 0 Å². The van der Waals surface area contributed by atoms with Crippen LogP contribution in [0.15, 0.2) is 42.5 Å². The highest BCUT2D eigenvalue weighted by atomic mass is 35.5. The SMILES string of the molecule is COc1cc(C(=O)NCC(C)N2CCOCC2)ccc1OCc1ccccc1Cl. The van der Waals surface area contributed by atoms with E-state index in [1.165, 1.54) is 0 Å². The molecule has 1 atom stereocenters. The van der Waals surface area contributed by atoms with E-state index in [1.54, 1.807) is 25.3 Å². The molecule has 3 rings (SSSR count). The van der Waals surface area contributed by atoms with Gasteiger partial charge in [0.15, 0.2) is 11.5 Å². The van der Waals surface area contributed by atoms with Crippen LogP contribution in [0.5, 0.6) is 11.5 Å². The van der Waals surface area contributed by atoms with Gasteiger partial charge in [-0.1, -0.05) is 29.8 Å². The Morgan fingerprint density at radius 1 is 1.21 bits per heavy atom. The summed E-state index contributed by atoms with van der Waals surface area (Å²) in [5, 5.41) is 3.65. The third-order valence-corrected chi connectivity index (χ3v) is 5.36. The minimum absolute atomic E-state index is 0.138. The average Bonchev–Trinajstić information content (AvgIpc) is 2.77. The zero-order valence-electron chi connectivity index (χ0n) is 16.8. The van der Waals surface area contributed by atoms with E-state index < -0.39 is 0 Å². The Morgan fingerprint density at radius 3 is 2.69 bits per heavy atom.